The van der Waals surface area contributed by atoms with Gasteiger partial charge in [-0.25, -0.2) is 17.8 Å². The van der Waals surface area contributed by atoms with Crippen molar-refractivity contribution in [2.75, 3.05) is 7.11 Å². The van der Waals surface area contributed by atoms with Crippen molar-refractivity contribution < 1.29 is 31.6 Å². The maximum Gasteiger partial charge on any atom is 0.308 e. The van der Waals surface area contributed by atoms with E-state index >= 15 is 0 Å². The van der Waals surface area contributed by atoms with Gasteiger partial charge in [0.1, 0.15) is 5.82 Å². The average molecular weight is 643 g/mol. The van der Waals surface area contributed by atoms with Gasteiger partial charge in [0.15, 0.2) is 14.1 Å². The first-order valence-electron chi connectivity index (χ1n) is 14.6. The number of rotatable bonds is 13. The predicted molar refractivity (Wildman–Crippen MR) is 173 cm³/mol. The fourth-order valence-corrected chi connectivity index (χ4v) is 7.42. The molecule has 1 atom stereocenters. The molecule has 0 saturated carbocycles. The van der Waals surface area contributed by atoms with Crippen molar-refractivity contribution in [3.8, 4) is 11.3 Å². The second kappa shape index (κ2) is 14.1. The molecule has 3 rings (SSSR count). The molecule has 3 aromatic rings. The molecule has 0 spiro atoms. The molecular weight excluding hydrogens is 600 g/mol. The number of hydrogen-bond donors (Lipinski definition) is 0. The third-order valence-corrected chi connectivity index (χ3v) is 13.9. The summed E-state index contributed by atoms with van der Waals surface area (Å²) in [5.41, 5.74) is 1.80. The molecule has 2 aromatic carbocycles. The Morgan fingerprint density at radius 1 is 1.02 bits per heavy atom. The van der Waals surface area contributed by atoms with Crippen molar-refractivity contribution in [2.45, 2.75) is 88.6 Å². The quantitative estimate of drug-likeness (QED) is 0.111. The molecule has 1 heterocycles. The van der Waals surface area contributed by atoms with Crippen LogP contribution in [-0.4, -0.2) is 51.3 Å². The number of benzene rings is 2. The lowest BCUT2D eigenvalue weighted by Crippen LogP contribution is -2.44. The third kappa shape index (κ3) is 8.83. The van der Waals surface area contributed by atoms with Crippen LogP contribution in [0.5, 0.6) is 0 Å². The number of sulfone groups is 1. The molecule has 0 aliphatic heterocycles. The number of carbonyl (C=O) groups excluding carboxylic acids is 2. The number of hydrogen-bond acceptors (Lipinski definition) is 7. The van der Waals surface area contributed by atoms with Crippen LogP contribution in [0.4, 0.5) is 4.39 Å². The predicted octanol–water partition coefficient (Wildman–Crippen LogP) is 7.17. The van der Waals surface area contributed by atoms with Crippen LogP contribution in [0.1, 0.15) is 64.8 Å². The zero-order valence-corrected chi connectivity index (χ0v) is 28.6. The molecule has 0 N–H and O–H groups in total. The third-order valence-electron chi connectivity index (χ3n) is 7.77. The minimum absolute atomic E-state index is 0.0705. The molecule has 0 amide bonds. The standard InChI is InChI=1S/C33H43FN2O6SSi/c1-23(2)36-29(19-18-27(37)20-28(21-30(38)41-6)42-44(7,8)33(3,4)5)31(25-14-16-26(34)17-15-25)35-32(36)43(39,40)22-24-12-10-9-11-13-24/h9-19,23,28H,20-22H2,1-8H3/t28-/m1/s1. The van der Waals surface area contributed by atoms with Gasteiger partial charge in [0.05, 0.1) is 36.8 Å². The van der Waals surface area contributed by atoms with Gasteiger partial charge in [0, 0.05) is 18.0 Å². The largest absolute Gasteiger partial charge is 0.469 e. The second-order valence-corrected chi connectivity index (χ2v) is 19.3. The number of esters is 1. The fourth-order valence-electron chi connectivity index (χ4n) is 4.46. The van der Waals surface area contributed by atoms with Crippen LogP contribution in [0.15, 0.2) is 65.8 Å². The van der Waals surface area contributed by atoms with Crippen LogP contribution >= 0.6 is 0 Å². The lowest BCUT2D eigenvalue weighted by atomic mass is 10.1. The summed E-state index contributed by atoms with van der Waals surface area (Å²) in [6, 6.07) is 14.1. The van der Waals surface area contributed by atoms with Crippen LogP contribution in [0.3, 0.4) is 0 Å². The molecule has 0 saturated heterocycles. The number of imidazole rings is 1. The fraction of sp³-hybridized carbons (Fsp3) is 0.424. The van der Waals surface area contributed by atoms with E-state index in [1.54, 1.807) is 28.8 Å². The molecule has 0 unspecified atom stereocenters. The van der Waals surface area contributed by atoms with E-state index in [0.717, 1.165) is 0 Å². The Hall–Kier alpha value is -3.41. The maximum atomic E-state index is 13.8. The highest BCUT2D eigenvalue weighted by Gasteiger charge is 2.40. The van der Waals surface area contributed by atoms with Gasteiger partial charge in [-0.1, -0.05) is 51.1 Å². The monoisotopic (exact) mass is 642 g/mol. The Balaban J connectivity index is 2.07. The SMILES string of the molecule is COC(=O)C[C@@H](CC(=O)C=Cc1c(-c2ccc(F)cc2)nc(S(=O)(=O)Cc2ccccc2)n1C(C)C)O[Si](C)(C)C(C)(C)C. The first kappa shape index (κ1) is 35.1. The summed E-state index contributed by atoms with van der Waals surface area (Å²) >= 11 is 0. The molecule has 0 fully saturated rings. The van der Waals surface area contributed by atoms with Gasteiger partial charge < -0.3 is 13.7 Å². The van der Waals surface area contributed by atoms with Crippen LogP contribution < -0.4 is 0 Å². The van der Waals surface area contributed by atoms with Gasteiger partial charge in [-0.15, -0.1) is 0 Å². The first-order valence-corrected chi connectivity index (χ1v) is 19.1. The lowest BCUT2D eigenvalue weighted by molar-refractivity contribution is -0.142. The molecule has 0 aliphatic carbocycles. The van der Waals surface area contributed by atoms with E-state index in [1.807, 2.05) is 33.0 Å². The summed E-state index contributed by atoms with van der Waals surface area (Å²) < 4.78 is 54.1. The molecule has 238 valence electrons. The van der Waals surface area contributed by atoms with E-state index in [4.69, 9.17) is 9.16 Å². The summed E-state index contributed by atoms with van der Waals surface area (Å²) in [6.07, 6.45) is 2.06. The topological polar surface area (TPSA) is 105 Å². The van der Waals surface area contributed by atoms with Gasteiger partial charge in [-0.05, 0) is 74.0 Å². The van der Waals surface area contributed by atoms with Gasteiger partial charge in [0.2, 0.25) is 15.0 Å². The zero-order chi connectivity index (χ0) is 32.9. The van der Waals surface area contributed by atoms with Crippen LogP contribution in [0.2, 0.25) is 18.1 Å². The van der Waals surface area contributed by atoms with E-state index in [-0.39, 0.29) is 40.6 Å². The number of methoxy groups -OCH3 is 1. The minimum Gasteiger partial charge on any atom is -0.469 e. The summed E-state index contributed by atoms with van der Waals surface area (Å²) in [5.74, 6) is -1.49. The number of ketones is 1. The van der Waals surface area contributed by atoms with Crippen molar-refractivity contribution in [1.29, 1.82) is 0 Å². The van der Waals surface area contributed by atoms with E-state index in [1.165, 1.54) is 43.5 Å². The Kier molecular flexibility index (Phi) is 11.3. The number of nitrogens with zero attached hydrogens (tertiary/aromatic N) is 2. The zero-order valence-electron chi connectivity index (χ0n) is 26.8. The van der Waals surface area contributed by atoms with Crippen molar-refractivity contribution in [1.82, 2.24) is 9.55 Å². The summed E-state index contributed by atoms with van der Waals surface area (Å²) in [6.45, 7) is 14.0. The van der Waals surface area contributed by atoms with Crippen molar-refractivity contribution >= 4 is 36.0 Å². The highest BCUT2D eigenvalue weighted by Crippen LogP contribution is 2.38. The molecule has 8 nitrogen and oxygen atoms in total. The molecule has 0 bridgehead atoms. The van der Waals surface area contributed by atoms with Crippen molar-refractivity contribution in [2.24, 2.45) is 0 Å². The number of carbonyl (C=O) groups is 2. The summed E-state index contributed by atoms with van der Waals surface area (Å²) in [4.78, 5) is 30.1. The number of aromatic nitrogens is 2. The Labute approximate surface area is 261 Å². The highest BCUT2D eigenvalue weighted by atomic mass is 32.2. The average Bonchev–Trinajstić information content (AvgIpc) is 3.32. The molecular formula is C33H43FN2O6SSi. The molecule has 11 heteroatoms. The number of halogens is 1. The minimum atomic E-state index is -3.92. The second-order valence-electron chi connectivity index (χ2n) is 12.6. The van der Waals surface area contributed by atoms with E-state index in [0.29, 0.717) is 22.5 Å². The van der Waals surface area contributed by atoms with E-state index < -0.39 is 36.0 Å². The number of allylic oxidation sites excluding steroid dienone is 1. The van der Waals surface area contributed by atoms with Gasteiger partial charge in [-0.3, -0.25) is 9.59 Å². The molecule has 0 aliphatic rings. The number of ether oxygens (including phenoxy) is 1. The Bertz CT molecular complexity index is 1590. The van der Waals surface area contributed by atoms with Gasteiger partial charge in [-0.2, -0.15) is 0 Å². The smallest absolute Gasteiger partial charge is 0.308 e. The molecule has 1 aromatic heterocycles. The Morgan fingerprint density at radius 2 is 1.64 bits per heavy atom. The summed E-state index contributed by atoms with van der Waals surface area (Å²) in [7, 11) is -4.96. The van der Waals surface area contributed by atoms with E-state index in [2.05, 4.69) is 25.8 Å². The van der Waals surface area contributed by atoms with Crippen molar-refractivity contribution in [3.05, 3.63) is 77.7 Å². The summed E-state index contributed by atoms with van der Waals surface area (Å²) in [5, 5.41) is -0.289. The van der Waals surface area contributed by atoms with Gasteiger partial charge in [0.25, 0.3) is 0 Å². The maximum absolute atomic E-state index is 13.8. The van der Waals surface area contributed by atoms with Crippen LogP contribution in [0, 0.1) is 5.82 Å². The Morgan fingerprint density at radius 3 is 2.18 bits per heavy atom. The highest BCUT2D eigenvalue weighted by molar-refractivity contribution is 7.90. The van der Waals surface area contributed by atoms with Crippen LogP contribution in [0.25, 0.3) is 17.3 Å². The first-order chi connectivity index (χ1) is 20.4. The van der Waals surface area contributed by atoms with E-state index in [9.17, 15) is 22.4 Å². The van der Waals surface area contributed by atoms with Crippen molar-refractivity contribution in [3.63, 3.8) is 0 Å². The molecule has 44 heavy (non-hydrogen) atoms. The van der Waals surface area contributed by atoms with Crippen LogP contribution in [-0.2, 0) is 34.3 Å². The molecule has 0 radical (unpaired) electrons. The van der Waals surface area contributed by atoms with Gasteiger partial charge >= 0.3 is 5.97 Å². The lowest BCUT2D eigenvalue weighted by Gasteiger charge is -2.39. The normalized spacial score (nSPS) is 13.4.